The van der Waals surface area contributed by atoms with Gasteiger partial charge in [-0.15, -0.1) is 0 Å². The number of nitrogens with one attached hydrogen (secondary N) is 2. The quantitative estimate of drug-likeness (QED) is 0.240. The molecule has 254 valence electrons. The number of carbonyl (C=O) groups is 4. The molecule has 0 saturated carbocycles. The van der Waals surface area contributed by atoms with Crippen molar-refractivity contribution in [2.75, 3.05) is 6.54 Å². The molecule has 0 fully saturated rings. The number of alkyl carbamates (subject to hydrolysis) is 1. The third-order valence-electron chi connectivity index (χ3n) is 7.37. The molecule has 2 rings (SSSR count). The van der Waals surface area contributed by atoms with Gasteiger partial charge in [-0.3, -0.25) is 9.59 Å². The van der Waals surface area contributed by atoms with Crippen molar-refractivity contribution in [1.82, 2.24) is 15.5 Å². The highest BCUT2D eigenvalue weighted by Gasteiger charge is 2.37. The van der Waals surface area contributed by atoms with Crippen molar-refractivity contribution < 1.29 is 28.7 Å². The van der Waals surface area contributed by atoms with Gasteiger partial charge in [-0.05, 0) is 103 Å². The maximum absolute atomic E-state index is 14.5. The van der Waals surface area contributed by atoms with Gasteiger partial charge in [-0.1, -0.05) is 62.4 Å². The average Bonchev–Trinajstić information content (AvgIpc) is 2.93. The van der Waals surface area contributed by atoms with E-state index in [0.29, 0.717) is 17.9 Å². The molecule has 0 aliphatic rings. The van der Waals surface area contributed by atoms with E-state index in [1.807, 2.05) is 69.3 Å². The lowest BCUT2D eigenvalue weighted by molar-refractivity contribution is -0.159. The van der Waals surface area contributed by atoms with Gasteiger partial charge in [-0.25, -0.2) is 9.59 Å². The van der Waals surface area contributed by atoms with Gasteiger partial charge in [0.1, 0.15) is 29.8 Å². The average molecular weight is 638 g/mol. The molecule has 3 amide bonds. The highest BCUT2D eigenvalue weighted by atomic mass is 16.6. The first-order chi connectivity index (χ1) is 21.3. The largest absolute Gasteiger partial charge is 0.458 e. The van der Waals surface area contributed by atoms with Gasteiger partial charge in [0.25, 0.3) is 0 Å². The van der Waals surface area contributed by atoms with Crippen LogP contribution in [0.25, 0.3) is 0 Å². The molecule has 0 aliphatic carbocycles. The van der Waals surface area contributed by atoms with Crippen molar-refractivity contribution in [3.8, 4) is 0 Å². The van der Waals surface area contributed by atoms with E-state index in [-0.39, 0.29) is 19.0 Å². The SMILES string of the molecule is Cc1ccc(C(C(=O)NC(Cc2ccccc2)C(=O)OC(C)(C)C)N(C(=O)CNC(=O)OC(C)(C)C)C(C)CCC(C)C)cc1C. The Morgan fingerprint density at radius 3 is 1.96 bits per heavy atom. The minimum atomic E-state index is -1.09. The van der Waals surface area contributed by atoms with Gasteiger partial charge < -0.3 is 25.0 Å². The fourth-order valence-corrected chi connectivity index (χ4v) is 4.95. The van der Waals surface area contributed by atoms with E-state index in [9.17, 15) is 19.2 Å². The molecule has 2 N–H and O–H groups in total. The number of ether oxygens (including phenoxy) is 2. The Kier molecular flexibility index (Phi) is 13.8. The summed E-state index contributed by atoms with van der Waals surface area (Å²) in [6.45, 7) is 20.2. The first-order valence-corrected chi connectivity index (χ1v) is 16.2. The standard InChI is InChI=1S/C37H55N3O6/c1-24(2)17-19-27(5)40(31(41)23-38-35(44)46-37(9,10)11)32(29-20-18-25(3)26(4)21-29)33(42)39-30(34(43)45-36(6,7)8)22-28-15-13-12-14-16-28/h12-16,18,20-21,24,27,30,32H,17,19,22-23H2,1-11H3,(H,38,44)(H,39,42). The second-order valence-electron chi connectivity index (χ2n) is 14.5. The third-order valence-corrected chi connectivity index (χ3v) is 7.37. The van der Waals surface area contributed by atoms with Crippen LogP contribution >= 0.6 is 0 Å². The molecule has 0 spiro atoms. The van der Waals surface area contributed by atoms with E-state index >= 15 is 0 Å². The lowest BCUT2D eigenvalue weighted by Crippen LogP contribution is -2.54. The predicted octanol–water partition coefficient (Wildman–Crippen LogP) is 6.59. The number of amides is 3. The van der Waals surface area contributed by atoms with Crippen LogP contribution < -0.4 is 10.6 Å². The van der Waals surface area contributed by atoms with E-state index < -0.39 is 47.2 Å². The van der Waals surface area contributed by atoms with Crippen LogP contribution in [-0.4, -0.2) is 58.6 Å². The summed E-state index contributed by atoms with van der Waals surface area (Å²) in [7, 11) is 0. The van der Waals surface area contributed by atoms with Gasteiger partial charge in [0, 0.05) is 12.5 Å². The Morgan fingerprint density at radius 2 is 1.41 bits per heavy atom. The smallest absolute Gasteiger partial charge is 0.408 e. The van der Waals surface area contributed by atoms with Crippen LogP contribution in [0.1, 0.15) is 103 Å². The molecule has 2 aromatic rings. The van der Waals surface area contributed by atoms with E-state index in [4.69, 9.17) is 9.47 Å². The molecular formula is C37H55N3O6. The zero-order valence-corrected chi connectivity index (χ0v) is 29.7. The summed E-state index contributed by atoms with van der Waals surface area (Å²) in [6, 6.07) is 12.6. The van der Waals surface area contributed by atoms with Crippen LogP contribution in [-0.2, 0) is 30.3 Å². The van der Waals surface area contributed by atoms with Crippen molar-refractivity contribution in [3.05, 3.63) is 70.8 Å². The van der Waals surface area contributed by atoms with Gasteiger partial charge in [0.2, 0.25) is 11.8 Å². The monoisotopic (exact) mass is 637 g/mol. The Bertz CT molecular complexity index is 1330. The summed E-state index contributed by atoms with van der Waals surface area (Å²) in [4.78, 5) is 56.1. The summed E-state index contributed by atoms with van der Waals surface area (Å²) < 4.78 is 11.1. The normalized spacial score (nSPS) is 13.7. The fourth-order valence-electron chi connectivity index (χ4n) is 4.95. The minimum Gasteiger partial charge on any atom is -0.458 e. The van der Waals surface area contributed by atoms with Crippen LogP contribution in [0.4, 0.5) is 4.79 Å². The first kappa shape index (κ1) is 38.3. The third kappa shape index (κ3) is 12.9. The van der Waals surface area contributed by atoms with E-state index in [0.717, 1.165) is 23.1 Å². The first-order valence-electron chi connectivity index (χ1n) is 16.2. The molecule has 9 nitrogen and oxygen atoms in total. The maximum Gasteiger partial charge on any atom is 0.408 e. The number of rotatable bonds is 13. The lowest BCUT2D eigenvalue weighted by atomic mass is 9.95. The molecule has 0 saturated heterocycles. The summed E-state index contributed by atoms with van der Waals surface area (Å²) in [5.74, 6) is -1.16. The number of hydrogen-bond acceptors (Lipinski definition) is 6. The highest BCUT2D eigenvalue weighted by molar-refractivity contribution is 5.93. The molecule has 0 aliphatic heterocycles. The molecule has 0 radical (unpaired) electrons. The van der Waals surface area contributed by atoms with Crippen LogP contribution in [0.5, 0.6) is 0 Å². The Hall–Kier alpha value is -3.88. The van der Waals surface area contributed by atoms with Crippen LogP contribution in [0, 0.1) is 19.8 Å². The van der Waals surface area contributed by atoms with Gasteiger partial charge in [-0.2, -0.15) is 0 Å². The highest BCUT2D eigenvalue weighted by Crippen LogP contribution is 2.28. The summed E-state index contributed by atoms with van der Waals surface area (Å²) >= 11 is 0. The number of hydrogen-bond donors (Lipinski definition) is 2. The summed E-state index contributed by atoms with van der Waals surface area (Å²) in [6.07, 6.45) is 0.929. The summed E-state index contributed by atoms with van der Waals surface area (Å²) in [5.41, 5.74) is 1.93. The molecular weight excluding hydrogens is 582 g/mol. The topological polar surface area (TPSA) is 114 Å². The van der Waals surface area contributed by atoms with Crippen LogP contribution in [0.3, 0.4) is 0 Å². The molecule has 46 heavy (non-hydrogen) atoms. The number of esters is 1. The second-order valence-corrected chi connectivity index (χ2v) is 14.5. The zero-order chi connectivity index (χ0) is 34.8. The van der Waals surface area contributed by atoms with Crippen molar-refractivity contribution in [1.29, 1.82) is 0 Å². The van der Waals surface area contributed by atoms with Crippen molar-refractivity contribution >= 4 is 23.9 Å². The fraction of sp³-hybridized carbons (Fsp3) is 0.568. The molecule has 9 heteroatoms. The summed E-state index contributed by atoms with van der Waals surface area (Å²) in [5, 5.41) is 5.52. The Labute approximate surface area is 275 Å². The molecule has 3 unspecified atom stereocenters. The van der Waals surface area contributed by atoms with Crippen molar-refractivity contribution in [3.63, 3.8) is 0 Å². The van der Waals surface area contributed by atoms with E-state index in [1.165, 1.54) is 4.90 Å². The van der Waals surface area contributed by atoms with E-state index in [2.05, 4.69) is 24.5 Å². The molecule has 3 atom stereocenters. The van der Waals surface area contributed by atoms with Crippen LogP contribution in [0.15, 0.2) is 48.5 Å². The number of benzene rings is 2. The van der Waals surface area contributed by atoms with Gasteiger partial charge in [0.15, 0.2) is 0 Å². The Morgan fingerprint density at radius 1 is 0.804 bits per heavy atom. The lowest BCUT2D eigenvalue weighted by Gasteiger charge is -2.37. The number of carbonyl (C=O) groups excluding carboxylic acids is 4. The van der Waals surface area contributed by atoms with Gasteiger partial charge in [0.05, 0.1) is 0 Å². The zero-order valence-electron chi connectivity index (χ0n) is 29.7. The van der Waals surface area contributed by atoms with E-state index in [1.54, 1.807) is 41.5 Å². The van der Waals surface area contributed by atoms with Crippen molar-refractivity contribution in [2.24, 2.45) is 5.92 Å². The van der Waals surface area contributed by atoms with Crippen LogP contribution in [0.2, 0.25) is 0 Å². The maximum atomic E-state index is 14.5. The Balaban J connectivity index is 2.59. The van der Waals surface area contributed by atoms with Gasteiger partial charge >= 0.3 is 12.1 Å². The molecule has 0 heterocycles. The predicted molar refractivity (Wildman–Crippen MR) is 181 cm³/mol. The number of aryl methyl sites for hydroxylation is 2. The molecule has 0 aromatic heterocycles. The molecule has 2 aromatic carbocycles. The van der Waals surface area contributed by atoms with Crippen molar-refractivity contribution in [2.45, 2.75) is 125 Å². The number of nitrogens with zero attached hydrogens (tertiary/aromatic N) is 1. The minimum absolute atomic E-state index is 0.207. The second kappa shape index (κ2) is 16.6. The molecule has 0 bridgehead atoms.